The standard InChI is InChI=1S/C27H30O16/c1-8-17(32)20(35)22(37)26(40-8)39-7-15-18(33)21(36)23(38)27(42-15)43-25-19(34)16-13(31)5-10(28)6-14(16)41-24(25)9-2-3-11(29)12(30)4-9/h2-6,8,15,17-18,20-23,26-33,35-38H,7H2,1H3/t8-,15-,17-,18-,20+,21+,22-,23-,26-,27+/m0/s1. The van der Waals surface area contributed by atoms with E-state index in [0.29, 0.717) is 0 Å². The van der Waals surface area contributed by atoms with Gasteiger partial charge in [-0.3, -0.25) is 4.79 Å². The van der Waals surface area contributed by atoms with Crippen LogP contribution in [0.15, 0.2) is 39.5 Å². The summed E-state index contributed by atoms with van der Waals surface area (Å²) in [5.74, 6) is -3.33. The molecular weight excluding hydrogens is 580 g/mol. The van der Waals surface area contributed by atoms with Crippen molar-refractivity contribution in [3.05, 3.63) is 40.6 Å². The molecule has 2 fully saturated rings. The van der Waals surface area contributed by atoms with E-state index < -0.39 is 113 Å². The summed E-state index contributed by atoms with van der Waals surface area (Å²) in [6, 6.07) is 5.24. The number of rotatable bonds is 6. The van der Waals surface area contributed by atoms with Gasteiger partial charge in [-0.1, -0.05) is 0 Å². The molecule has 0 spiro atoms. The highest BCUT2D eigenvalue weighted by Crippen LogP contribution is 2.39. The largest absolute Gasteiger partial charge is 0.508 e. The predicted octanol–water partition coefficient (Wildman–Crippen LogP) is -1.69. The molecule has 3 heterocycles. The first kappa shape index (κ1) is 30.7. The number of fused-ring (bicyclic) bond motifs is 1. The molecule has 10 atom stereocenters. The summed E-state index contributed by atoms with van der Waals surface area (Å²) in [7, 11) is 0. The minimum absolute atomic E-state index is 0.0313. The maximum Gasteiger partial charge on any atom is 0.239 e. The van der Waals surface area contributed by atoms with Crippen molar-refractivity contribution in [2.45, 2.75) is 68.3 Å². The van der Waals surface area contributed by atoms with E-state index in [1.54, 1.807) is 0 Å². The Hall–Kier alpha value is -3.71. The fourth-order valence-electron chi connectivity index (χ4n) is 4.84. The lowest BCUT2D eigenvalue weighted by molar-refractivity contribution is -0.318. The van der Waals surface area contributed by atoms with E-state index in [4.69, 9.17) is 23.4 Å². The molecule has 2 aromatic carbocycles. The van der Waals surface area contributed by atoms with Crippen LogP contribution >= 0.6 is 0 Å². The van der Waals surface area contributed by atoms with Crippen LogP contribution in [0, 0.1) is 0 Å². The molecule has 2 aliphatic heterocycles. The number of ether oxygens (including phenoxy) is 4. The van der Waals surface area contributed by atoms with Gasteiger partial charge in [-0.05, 0) is 25.1 Å². The summed E-state index contributed by atoms with van der Waals surface area (Å²) in [6.07, 6.45) is -16.2. The predicted molar refractivity (Wildman–Crippen MR) is 140 cm³/mol. The van der Waals surface area contributed by atoms with Crippen LogP contribution in [0.4, 0.5) is 0 Å². The lowest BCUT2D eigenvalue weighted by atomic mass is 9.98. The molecule has 43 heavy (non-hydrogen) atoms. The van der Waals surface area contributed by atoms with Crippen molar-refractivity contribution < 1.29 is 74.4 Å². The Morgan fingerprint density at radius 3 is 2.12 bits per heavy atom. The Labute approximate surface area is 241 Å². The van der Waals surface area contributed by atoms with Crippen LogP contribution in [0.25, 0.3) is 22.3 Å². The lowest BCUT2D eigenvalue weighted by Crippen LogP contribution is -2.61. The van der Waals surface area contributed by atoms with Crippen LogP contribution in [-0.2, 0) is 14.2 Å². The molecule has 2 aliphatic rings. The maximum absolute atomic E-state index is 13.6. The first-order valence-electron chi connectivity index (χ1n) is 13.0. The Balaban J connectivity index is 1.48. The van der Waals surface area contributed by atoms with E-state index in [1.807, 2.05) is 0 Å². The van der Waals surface area contributed by atoms with Crippen molar-refractivity contribution in [3.63, 3.8) is 0 Å². The summed E-state index contributed by atoms with van der Waals surface area (Å²) < 4.78 is 27.8. The van der Waals surface area contributed by atoms with E-state index in [2.05, 4.69) is 0 Å². The molecule has 0 unspecified atom stereocenters. The first-order valence-corrected chi connectivity index (χ1v) is 13.0. The molecule has 0 radical (unpaired) electrons. The van der Waals surface area contributed by atoms with E-state index >= 15 is 0 Å². The van der Waals surface area contributed by atoms with Gasteiger partial charge in [0.2, 0.25) is 17.5 Å². The Bertz CT molecular complexity index is 1540. The number of phenols is 4. The molecular formula is C27H30O16. The average Bonchev–Trinajstić information content (AvgIpc) is 2.96. The molecule has 5 rings (SSSR count). The van der Waals surface area contributed by atoms with Crippen LogP contribution in [0.3, 0.4) is 0 Å². The molecule has 0 amide bonds. The minimum Gasteiger partial charge on any atom is -0.508 e. The zero-order valence-corrected chi connectivity index (χ0v) is 22.3. The Morgan fingerprint density at radius 1 is 0.744 bits per heavy atom. The summed E-state index contributed by atoms with van der Waals surface area (Å²) in [6.45, 7) is 0.818. The summed E-state index contributed by atoms with van der Waals surface area (Å²) in [4.78, 5) is 13.6. The first-order chi connectivity index (χ1) is 20.3. The van der Waals surface area contributed by atoms with E-state index in [1.165, 1.54) is 13.0 Å². The molecule has 234 valence electrons. The van der Waals surface area contributed by atoms with Crippen molar-refractivity contribution in [2.75, 3.05) is 6.61 Å². The smallest absolute Gasteiger partial charge is 0.239 e. The number of aliphatic hydroxyl groups excluding tert-OH is 6. The van der Waals surface area contributed by atoms with Crippen LogP contribution in [0.1, 0.15) is 6.92 Å². The molecule has 10 N–H and O–H groups in total. The van der Waals surface area contributed by atoms with Gasteiger partial charge in [0, 0.05) is 17.7 Å². The SMILES string of the molecule is C[C@@H]1O[C@H](OC[C@@H]2O[C@H](Oc3c(-c4ccc(O)c(O)c4)oc4cc(O)cc(O)c4c3=O)[C@@H](O)[C@H](O)[C@H]2O)[C@@H](O)[C@H](O)[C@H]1O. The van der Waals surface area contributed by atoms with Gasteiger partial charge >= 0.3 is 0 Å². The van der Waals surface area contributed by atoms with Crippen LogP contribution < -0.4 is 10.2 Å². The second-order valence-electron chi connectivity index (χ2n) is 10.3. The molecule has 0 bridgehead atoms. The number of aromatic hydroxyl groups is 4. The zero-order chi connectivity index (χ0) is 31.3. The van der Waals surface area contributed by atoms with Gasteiger partial charge in [0.1, 0.15) is 65.2 Å². The van der Waals surface area contributed by atoms with Gasteiger partial charge in [0.25, 0.3) is 0 Å². The highest BCUT2D eigenvalue weighted by Gasteiger charge is 2.47. The fraction of sp³-hybridized carbons (Fsp3) is 0.444. The Kier molecular flexibility index (Phi) is 8.41. The van der Waals surface area contributed by atoms with Crippen molar-refractivity contribution in [3.8, 4) is 40.1 Å². The van der Waals surface area contributed by atoms with Crippen molar-refractivity contribution in [1.82, 2.24) is 0 Å². The number of phenolic OH excluding ortho intramolecular Hbond substituents is 4. The third-order valence-electron chi connectivity index (χ3n) is 7.29. The van der Waals surface area contributed by atoms with E-state index in [9.17, 15) is 55.9 Å². The fourth-order valence-corrected chi connectivity index (χ4v) is 4.84. The van der Waals surface area contributed by atoms with Gasteiger partial charge < -0.3 is 74.4 Å². The highest BCUT2D eigenvalue weighted by atomic mass is 16.7. The summed E-state index contributed by atoms with van der Waals surface area (Å²) >= 11 is 0. The van der Waals surface area contributed by atoms with Crippen LogP contribution in [-0.4, -0.2) is 119 Å². The van der Waals surface area contributed by atoms with E-state index in [0.717, 1.165) is 24.3 Å². The minimum atomic E-state index is -1.97. The zero-order valence-electron chi connectivity index (χ0n) is 22.3. The van der Waals surface area contributed by atoms with Crippen molar-refractivity contribution in [2.24, 2.45) is 0 Å². The molecule has 16 heteroatoms. The quantitative estimate of drug-likeness (QED) is 0.140. The topological polar surface area (TPSA) is 269 Å². The molecule has 0 saturated carbocycles. The number of hydrogen-bond acceptors (Lipinski definition) is 16. The van der Waals surface area contributed by atoms with Gasteiger partial charge in [0.15, 0.2) is 23.5 Å². The molecule has 16 nitrogen and oxygen atoms in total. The molecule has 0 aliphatic carbocycles. The second kappa shape index (κ2) is 11.8. The third kappa shape index (κ3) is 5.67. The van der Waals surface area contributed by atoms with E-state index in [-0.39, 0.29) is 11.1 Å². The van der Waals surface area contributed by atoms with Crippen molar-refractivity contribution >= 4 is 11.0 Å². The third-order valence-corrected chi connectivity index (χ3v) is 7.29. The van der Waals surface area contributed by atoms with Gasteiger partial charge in [-0.25, -0.2) is 0 Å². The number of aliphatic hydroxyl groups is 6. The van der Waals surface area contributed by atoms with Gasteiger partial charge in [-0.15, -0.1) is 0 Å². The average molecular weight is 611 g/mol. The Morgan fingerprint density at radius 2 is 1.42 bits per heavy atom. The second-order valence-corrected chi connectivity index (χ2v) is 10.3. The highest BCUT2D eigenvalue weighted by molar-refractivity contribution is 5.88. The molecule has 1 aromatic heterocycles. The summed E-state index contributed by atoms with van der Waals surface area (Å²) in [5.41, 5.74) is -1.35. The lowest BCUT2D eigenvalue weighted by Gasteiger charge is -2.42. The van der Waals surface area contributed by atoms with Crippen LogP contribution in [0.5, 0.6) is 28.7 Å². The molecule has 3 aromatic rings. The number of hydrogen-bond donors (Lipinski definition) is 10. The molecule has 2 saturated heterocycles. The van der Waals surface area contributed by atoms with Gasteiger partial charge in [0.05, 0.1) is 12.7 Å². The van der Waals surface area contributed by atoms with Gasteiger partial charge in [-0.2, -0.15) is 0 Å². The summed E-state index contributed by atoms with van der Waals surface area (Å²) in [5, 5.41) is 101. The maximum atomic E-state index is 13.6. The monoisotopic (exact) mass is 610 g/mol. The number of benzene rings is 2. The normalized spacial score (nSPS) is 33.0. The van der Waals surface area contributed by atoms with Crippen LogP contribution in [0.2, 0.25) is 0 Å². The van der Waals surface area contributed by atoms with Crippen molar-refractivity contribution in [1.29, 1.82) is 0 Å².